The summed E-state index contributed by atoms with van der Waals surface area (Å²) in [6, 6.07) is 8.47. The summed E-state index contributed by atoms with van der Waals surface area (Å²) >= 11 is 1.47. The molecule has 0 aliphatic carbocycles. The predicted octanol–water partition coefficient (Wildman–Crippen LogP) is 4.58. The number of aromatic nitrogens is 3. The van der Waals surface area contributed by atoms with Gasteiger partial charge in [0, 0.05) is 42.3 Å². The molecule has 3 heterocycles. The van der Waals surface area contributed by atoms with Crippen LogP contribution in [0.1, 0.15) is 38.2 Å². The molecule has 2 aromatic heterocycles. The zero-order chi connectivity index (χ0) is 20.2. The van der Waals surface area contributed by atoms with E-state index in [0.29, 0.717) is 11.0 Å². The first-order valence-electron chi connectivity index (χ1n) is 9.98. The molecule has 3 aromatic rings. The third-order valence-electron chi connectivity index (χ3n) is 5.35. The number of hydrogen-bond donors (Lipinski definition) is 1. The fourth-order valence-electron chi connectivity index (χ4n) is 3.54. The van der Waals surface area contributed by atoms with Gasteiger partial charge < -0.3 is 10.2 Å². The van der Waals surface area contributed by atoms with Crippen molar-refractivity contribution >= 4 is 28.2 Å². The van der Waals surface area contributed by atoms with Crippen LogP contribution < -0.4 is 10.2 Å². The number of amides is 1. The Bertz CT molecular complexity index is 947. The molecule has 0 saturated carbocycles. The largest absolute Gasteiger partial charge is 0.355 e. The van der Waals surface area contributed by atoms with Gasteiger partial charge in [-0.15, -0.1) is 11.3 Å². The normalized spacial score (nSPS) is 14.9. The minimum absolute atomic E-state index is 0.000553. The van der Waals surface area contributed by atoms with E-state index < -0.39 is 0 Å². The number of hydrogen-bond acceptors (Lipinski definition) is 6. The maximum absolute atomic E-state index is 12.7. The number of carbonyl (C=O) groups excluding carboxylic acids is 1. The molecule has 1 aromatic carbocycles. The number of thiazole rings is 1. The van der Waals surface area contributed by atoms with Crippen LogP contribution in [0, 0.1) is 5.92 Å². The fraction of sp³-hybridized carbons (Fsp3) is 0.364. The topological polar surface area (TPSA) is 71.0 Å². The monoisotopic (exact) mass is 407 g/mol. The molecule has 0 radical (unpaired) electrons. The van der Waals surface area contributed by atoms with Crippen molar-refractivity contribution in [1.29, 1.82) is 0 Å². The van der Waals surface area contributed by atoms with Gasteiger partial charge in [0.25, 0.3) is 0 Å². The van der Waals surface area contributed by atoms with Gasteiger partial charge in [-0.1, -0.05) is 38.1 Å². The maximum atomic E-state index is 12.7. The van der Waals surface area contributed by atoms with E-state index in [2.05, 4.69) is 63.3 Å². The first kappa shape index (κ1) is 19.5. The van der Waals surface area contributed by atoms with E-state index >= 15 is 0 Å². The van der Waals surface area contributed by atoms with Crippen LogP contribution >= 0.6 is 11.3 Å². The van der Waals surface area contributed by atoms with Gasteiger partial charge in [0.2, 0.25) is 5.91 Å². The Balaban J connectivity index is 1.34. The van der Waals surface area contributed by atoms with Gasteiger partial charge >= 0.3 is 0 Å². The fourth-order valence-corrected chi connectivity index (χ4v) is 4.26. The Labute approximate surface area is 175 Å². The van der Waals surface area contributed by atoms with Crippen LogP contribution in [0.15, 0.2) is 48.2 Å². The van der Waals surface area contributed by atoms with Crippen molar-refractivity contribution in [2.75, 3.05) is 23.3 Å². The van der Waals surface area contributed by atoms with E-state index in [9.17, 15) is 4.79 Å². The Morgan fingerprint density at radius 2 is 1.93 bits per heavy atom. The standard InChI is InChI=1S/C22H25N5OS/c1-15(2)16-3-5-17(6-4-16)19-14-29-22(25-19)26-21(28)18-7-11-27(12-8-18)20-13-23-9-10-24-20/h3-6,9-10,13-15,18H,7-8,11-12H2,1-2H3,(H,25,26,28). The molecule has 4 rings (SSSR count). The Morgan fingerprint density at radius 1 is 1.17 bits per heavy atom. The van der Waals surface area contributed by atoms with Crippen LogP contribution in [0.5, 0.6) is 0 Å². The number of benzene rings is 1. The highest BCUT2D eigenvalue weighted by molar-refractivity contribution is 7.14. The molecule has 6 nitrogen and oxygen atoms in total. The zero-order valence-corrected chi connectivity index (χ0v) is 17.5. The highest BCUT2D eigenvalue weighted by Gasteiger charge is 2.26. The van der Waals surface area contributed by atoms with Crippen molar-refractivity contribution in [3.63, 3.8) is 0 Å². The third kappa shape index (κ3) is 4.62. The SMILES string of the molecule is CC(C)c1ccc(-c2csc(NC(=O)C3CCN(c4cnccn4)CC3)n2)cc1. The minimum atomic E-state index is 0.000553. The van der Waals surface area contributed by atoms with E-state index in [1.165, 1.54) is 16.9 Å². The molecule has 1 aliphatic heterocycles. The molecule has 7 heteroatoms. The van der Waals surface area contributed by atoms with E-state index in [-0.39, 0.29) is 11.8 Å². The van der Waals surface area contributed by atoms with E-state index in [0.717, 1.165) is 43.0 Å². The second-order valence-electron chi connectivity index (χ2n) is 7.63. The number of nitrogens with zero attached hydrogens (tertiary/aromatic N) is 4. The highest BCUT2D eigenvalue weighted by Crippen LogP contribution is 2.28. The summed E-state index contributed by atoms with van der Waals surface area (Å²) in [5.74, 6) is 1.44. The van der Waals surface area contributed by atoms with E-state index in [1.807, 2.05) is 5.38 Å². The number of nitrogens with one attached hydrogen (secondary N) is 1. The molecule has 0 bridgehead atoms. The lowest BCUT2D eigenvalue weighted by molar-refractivity contribution is -0.120. The second kappa shape index (κ2) is 8.69. The average molecular weight is 408 g/mol. The minimum Gasteiger partial charge on any atom is -0.355 e. The van der Waals surface area contributed by atoms with Crippen LogP contribution in [0.25, 0.3) is 11.3 Å². The lowest BCUT2D eigenvalue weighted by Gasteiger charge is -2.31. The molecule has 0 unspecified atom stereocenters. The van der Waals surface area contributed by atoms with E-state index in [1.54, 1.807) is 18.6 Å². The summed E-state index contributed by atoms with van der Waals surface area (Å²) in [6.45, 7) is 5.98. The number of piperidine rings is 1. The first-order chi connectivity index (χ1) is 14.1. The molecule has 1 saturated heterocycles. The Hall–Kier alpha value is -2.80. The lowest BCUT2D eigenvalue weighted by atomic mass is 9.96. The van der Waals surface area contributed by atoms with Crippen LogP contribution in [0.2, 0.25) is 0 Å². The maximum Gasteiger partial charge on any atom is 0.229 e. The van der Waals surface area contributed by atoms with Crippen molar-refractivity contribution < 1.29 is 4.79 Å². The smallest absolute Gasteiger partial charge is 0.229 e. The summed E-state index contributed by atoms with van der Waals surface area (Å²) in [6.07, 6.45) is 6.75. The summed E-state index contributed by atoms with van der Waals surface area (Å²) in [5.41, 5.74) is 3.28. The van der Waals surface area contributed by atoms with Gasteiger partial charge in [-0.3, -0.25) is 9.78 Å². The number of carbonyl (C=O) groups is 1. The molecule has 1 N–H and O–H groups in total. The summed E-state index contributed by atoms with van der Waals surface area (Å²) in [7, 11) is 0. The third-order valence-corrected chi connectivity index (χ3v) is 6.10. The summed E-state index contributed by atoms with van der Waals surface area (Å²) < 4.78 is 0. The van der Waals surface area contributed by atoms with Crippen molar-refractivity contribution in [3.8, 4) is 11.3 Å². The van der Waals surface area contributed by atoms with Gasteiger partial charge in [0.05, 0.1) is 11.9 Å². The first-order valence-corrected chi connectivity index (χ1v) is 10.9. The molecule has 1 fully saturated rings. The molecule has 1 aliphatic rings. The van der Waals surface area contributed by atoms with Gasteiger partial charge in [-0.25, -0.2) is 9.97 Å². The highest BCUT2D eigenvalue weighted by atomic mass is 32.1. The molecule has 0 spiro atoms. The van der Waals surface area contributed by atoms with Crippen LogP contribution in [-0.4, -0.2) is 33.9 Å². The van der Waals surface area contributed by atoms with Crippen LogP contribution in [-0.2, 0) is 4.79 Å². The van der Waals surface area contributed by atoms with Crippen molar-refractivity contribution in [2.24, 2.45) is 5.92 Å². The number of rotatable bonds is 5. The van der Waals surface area contributed by atoms with Gasteiger partial charge in [0.1, 0.15) is 5.82 Å². The molecule has 150 valence electrons. The average Bonchev–Trinajstić information content (AvgIpc) is 3.23. The molecular formula is C22H25N5OS. The van der Waals surface area contributed by atoms with Crippen LogP contribution in [0.3, 0.4) is 0 Å². The Kier molecular flexibility index (Phi) is 5.85. The number of anilines is 2. The molecular weight excluding hydrogens is 382 g/mol. The quantitative estimate of drug-likeness (QED) is 0.670. The van der Waals surface area contributed by atoms with Gasteiger partial charge in [0.15, 0.2) is 5.13 Å². The molecule has 0 atom stereocenters. The Morgan fingerprint density at radius 3 is 2.59 bits per heavy atom. The molecule has 29 heavy (non-hydrogen) atoms. The van der Waals surface area contributed by atoms with Gasteiger partial charge in [-0.2, -0.15) is 0 Å². The van der Waals surface area contributed by atoms with Crippen LogP contribution in [0.4, 0.5) is 10.9 Å². The van der Waals surface area contributed by atoms with Crippen molar-refractivity contribution in [1.82, 2.24) is 15.0 Å². The van der Waals surface area contributed by atoms with Gasteiger partial charge in [-0.05, 0) is 24.3 Å². The lowest BCUT2D eigenvalue weighted by Crippen LogP contribution is -2.38. The summed E-state index contributed by atoms with van der Waals surface area (Å²) in [4.78, 5) is 27.9. The second-order valence-corrected chi connectivity index (χ2v) is 8.49. The predicted molar refractivity (Wildman–Crippen MR) is 117 cm³/mol. The zero-order valence-electron chi connectivity index (χ0n) is 16.7. The van der Waals surface area contributed by atoms with E-state index in [4.69, 9.17) is 0 Å². The summed E-state index contributed by atoms with van der Waals surface area (Å²) in [5, 5.41) is 5.67. The van der Waals surface area contributed by atoms with Crippen molar-refractivity contribution in [2.45, 2.75) is 32.6 Å². The van der Waals surface area contributed by atoms with Crippen molar-refractivity contribution in [3.05, 3.63) is 53.8 Å². The molecule has 1 amide bonds.